The lowest BCUT2D eigenvalue weighted by Crippen LogP contribution is -2.49. The van der Waals surface area contributed by atoms with E-state index in [0.29, 0.717) is 6.04 Å². The molecule has 1 aliphatic rings. The first kappa shape index (κ1) is 26.8. The van der Waals surface area contributed by atoms with Crippen molar-refractivity contribution >= 4 is 47.6 Å². The highest BCUT2D eigenvalue weighted by molar-refractivity contribution is 14.0. The molecular formula is C22H36IN5OS. The third kappa shape index (κ3) is 10.7. The van der Waals surface area contributed by atoms with Crippen LogP contribution in [-0.4, -0.2) is 80.3 Å². The van der Waals surface area contributed by atoms with Crippen molar-refractivity contribution in [2.75, 3.05) is 52.6 Å². The molecular weight excluding hydrogens is 509 g/mol. The summed E-state index contributed by atoms with van der Waals surface area (Å²) in [5.41, 5.74) is 1.21. The van der Waals surface area contributed by atoms with E-state index in [1.54, 1.807) is 19.0 Å². The van der Waals surface area contributed by atoms with Crippen LogP contribution in [0.2, 0.25) is 0 Å². The van der Waals surface area contributed by atoms with Gasteiger partial charge in [0.25, 0.3) is 0 Å². The molecule has 1 aromatic carbocycles. The fourth-order valence-corrected chi connectivity index (χ4v) is 3.90. The Kier molecular flexibility index (Phi) is 13.1. The Morgan fingerprint density at radius 3 is 2.53 bits per heavy atom. The van der Waals surface area contributed by atoms with E-state index in [1.807, 2.05) is 17.8 Å². The molecule has 0 aromatic heterocycles. The number of carbonyl (C=O) groups excluding carboxylic acids is 1. The highest BCUT2D eigenvalue weighted by Crippen LogP contribution is 2.16. The summed E-state index contributed by atoms with van der Waals surface area (Å²) in [5, 5.41) is 6.93. The quantitative estimate of drug-likeness (QED) is 0.125. The number of nitrogens with zero attached hydrogens (tertiary/aromatic N) is 3. The van der Waals surface area contributed by atoms with Crippen LogP contribution in [0.1, 0.15) is 19.8 Å². The largest absolute Gasteiger partial charge is 0.356 e. The van der Waals surface area contributed by atoms with Crippen LogP contribution < -0.4 is 10.6 Å². The molecule has 2 rings (SSSR count). The molecule has 1 fully saturated rings. The molecule has 8 heteroatoms. The number of aliphatic imine (C=N–C) groups is 1. The number of hydrogen-bond acceptors (Lipinski definition) is 4. The van der Waals surface area contributed by atoms with Crippen molar-refractivity contribution < 1.29 is 4.79 Å². The van der Waals surface area contributed by atoms with E-state index in [4.69, 9.17) is 0 Å². The smallest absolute Gasteiger partial charge is 0.243 e. The molecule has 0 atom stereocenters. The highest BCUT2D eigenvalue weighted by atomic mass is 127. The molecule has 0 aliphatic carbocycles. The number of benzene rings is 1. The summed E-state index contributed by atoms with van der Waals surface area (Å²) in [6, 6.07) is 10.7. The molecule has 6 nitrogen and oxygen atoms in total. The zero-order chi connectivity index (χ0) is 21.1. The SMILES string of the molecule is C=C(C)CN1CCC(NC(=NCC(=O)N(C)C)NCCSc2ccccc2)CC1.I. The molecule has 2 N–H and O–H groups in total. The Bertz CT molecular complexity index is 675. The van der Waals surface area contributed by atoms with Gasteiger partial charge in [-0.25, -0.2) is 4.99 Å². The number of thioether (sulfide) groups is 1. The van der Waals surface area contributed by atoms with Crippen LogP contribution >= 0.6 is 35.7 Å². The molecule has 0 spiro atoms. The number of halogens is 1. The normalized spacial score (nSPS) is 15.2. The minimum Gasteiger partial charge on any atom is -0.356 e. The minimum absolute atomic E-state index is 0. The summed E-state index contributed by atoms with van der Waals surface area (Å²) in [6.07, 6.45) is 2.13. The third-order valence-electron chi connectivity index (χ3n) is 4.70. The van der Waals surface area contributed by atoms with E-state index in [2.05, 4.69) is 58.3 Å². The van der Waals surface area contributed by atoms with Gasteiger partial charge in [0.2, 0.25) is 5.91 Å². The molecule has 0 bridgehead atoms. The Balaban J connectivity index is 0.00000450. The summed E-state index contributed by atoms with van der Waals surface area (Å²) in [6.45, 7) is 10.1. The first-order chi connectivity index (χ1) is 13.9. The van der Waals surface area contributed by atoms with Gasteiger partial charge in [0.1, 0.15) is 6.54 Å². The van der Waals surface area contributed by atoms with E-state index in [9.17, 15) is 4.79 Å². The van der Waals surface area contributed by atoms with Gasteiger partial charge in [-0.1, -0.05) is 30.4 Å². The van der Waals surface area contributed by atoms with Gasteiger partial charge >= 0.3 is 0 Å². The van der Waals surface area contributed by atoms with Crippen LogP contribution in [-0.2, 0) is 4.79 Å². The average molecular weight is 546 g/mol. The Labute approximate surface area is 203 Å². The molecule has 30 heavy (non-hydrogen) atoms. The molecule has 1 saturated heterocycles. The van der Waals surface area contributed by atoms with E-state index in [-0.39, 0.29) is 36.4 Å². The highest BCUT2D eigenvalue weighted by Gasteiger charge is 2.20. The van der Waals surface area contributed by atoms with E-state index in [1.165, 1.54) is 10.5 Å². The van der Waals surface area contributed by atoms with Crippen molar-refractivity contribution in [1.29, 1.82) is 0 Å². The fourth-order valence-electron chi connectivity index (χ4n) is 3.11. The van der Waals surface area contributed by atoms with Crippen LogP contribution in [0.5, 0.6) is 0 Å². The Morgan fingerprint density at radius 1 is 1.27 bits per heavy atom. The lowest BCUT2D eigenvalue weighted by molar-refractivity contribution is -0.127. The molecule has 1 aliphatic heterocycles. The van der Waals surface area contributed by atoms with Crippen LogP contribution in [0.15, 0.2) is 52.4 Å². The lowest BCUT2D eigenvalue weighted by Gasteiger charge is -2.33. The van der Waals surface area contributed by atoms with Crippen molar-refractivity contribution in [3.05, 3.63) is 42.5 Å². The number of rotatable bonds is 9. The van der Waals surface area contributed by atoms with Gasteiger partial charge < -0.3 is 15.5 Å². The molecule has 1 amide bonds. The number of likely N-dealkylation sites (tertiary alicyclic amines) is 1. The van der Waals surface area contributed by atoms with Gasteiger partial charge in [-0.2, -0.15) is 0 Å². The maximum absolute atomic E-state index is 11.9. The van der Waals surface area contributed by atoms with Gasteiger partial charge in [-0.15, -0.1) is 35.7 Å². The van der Waals surface area contributed by atoms with Crippen LogP contribution in [0.4, 0.5) is 0 Å². The summed E-state index contributed by atoms with van der Waals surface area (Å²) in [4.78, 5) is 21.7. The van der Waals surface area contributed by atoms with Crippen LogP contribution in [0, 0.1) is 0 Å². The minimum atomic E-state index is 0. The van der Waals surface area contributed by atoms with E-state index < -0.39 is 0 Å². The average Bonchev–Trinajstić information content (AvgIpc) is 2.70. The van der Waals surface area contributed by atoms with Crippen molar-refractivity contribution in [3.63, 3.8) is 0 Å². The van der Waals surface area contributed by atoms with Gasteiger partial charge in [-0.3, -0.25) is 9.69 Å². The number of carbonyl (C=O) groups is 1. The molecule has 1 aromatic rings. The van der Waals surface area contributed by atoms with Crippen molar-refractivity contribution in [1.82, 2.24) is 20.4 Å². The monoisotopic (exact) mass is 545 g/mol. The summed E-state index contributed by atoms with van der Waals surface area (Å²) < 4.78 is 0. The Morgan fingerprint density at radius 2 is 1.93 bits per heavy atom. The summed E-state index contributed by atoms with van der Waals surface area (Å²) in [5.74, 6) is 1.66. The summed E-state index contributed by atoms with van der Waals surface area (Å²) >= 11 is 1.81. The maximum Gasteiger partial charge on any atom is 0.243 e. The first-order valence-electron chi connectivity index (χ1n) is 10.2. The predicted molar refractivity (Wildman–Crippen MR) is 139 cm³/mol. The zero-order valence-corrected chi connectivity index (χ0v) is 21.5. The number of nitrogens with one attached hydrogen (secondary N) is 2. The number of likely N-dealkylation sites (N-methyl/N-ethyl adjacent to an activating group) is 1. The van der Waals surface area contributed by atoms with Gasteiger partial charge in [0, 0.05) is 57.0 Å². The van der Waals surface area contributed by atoms with Gasteiger partial charge in [-0.05, 0) is 31.9 Å². The molecule has 0 saturated carbocycles. The second-order valence-corrected chi connectivity index (χ2v) is 8.86. The fraction of sp³-hybridized carbons (Fsp3) is 0.545. The van der Waals surface area contributed by atoms with Crippen LogP contribution in [0.3, 0.4) is 0 Å². The van der Waals surface area contributed by atoms with Crippen molar-refractivity contribution in [2.45, 2.75) is 30.7 Å². The third-order valence-corrected chi connectivity index (χ3v) is 5.71. The number of piperidine rings is 1. The molecule has 168 valence electrons. The van der Waals surface area contributed by atoms with Gasteiger partial charge in [0.15, 0.2) is 5.96 Å². The van der Waals surface area contributed by atoms with Crippen LogP contribution in [0.25, 0.3) is 0 Å². The topological polar surface area (TPSA) is 60.0 Å². The van der Waals surface area contributed by atoms with E-state index in [0.717, 1.165) is 50.7 Å². The van der Waals surface area contributed by atoms with Crippen molar-refractivity contribution in [3.8, 4) is 0 Å². The standard InChI is InChI=1S/C22H35N5OS.HI/c1-18(2)17-27-13-10-19(11-14-27)25-22(24-16-21(28)26(3)4)23-12-15-29-20-8-6-5-7-9-20;/h5-9,19H,1,10-17H2,2-4H3,(H2,23,24,25);1H. The lowest BCUT2D eigenvalue weighted by atomic mass is 10.0. The second kappa shape index (κ2) is 14.7. The Hall–Kier alpha value is -1.26. The number of amides is 1. The number of hydrogen-bond donors (Lipinski definition) is 2. The van der Waals surface area contributed by atoms with Crippen molar-refractivity contribution in [2.24, 2.45) is 4.99 Å². The first-order valence-corrected chi connectivity index (χ1v) is 11.2. The summed E-state index contributed by atoms with van der Waals surface area (Å²) in [7, 11) is 3.51. The second-order valence-electron chi connectivity index (χ2n) is 7.69. The molecule has 0 radical (unpaired) electrons. The predicted octanol–water partition coefficient (Wildman–Crippen LogP) is 3.06. The molecule has 1 heterocycles. The maximum atomic E-state index is 11.9. The van der Waals surface area contributed by atoms with Gasteiger partial charge in [0.05, 0.1) is 0 Å². The zero-order valence-electron chi connectivity index (χ0n) is 18.4. The molecule has 0 unspecified atom stereocenters. The van der Waals surface area contributed by atoms with E-state index >= 15 is 0 Å². The number of guanidine groups is 1.